The highest BCUT2D eigenvalue weighted by molar-refractivity contribution is 6.01. The Labute approximate surface area is 193 Å². The SMILES string of the molecule is COc1ncc(N(Cc2n[nH]c(C(F)(F)F)c2CCO)C(=O)Nc2ccc(F)c(C(F)F)c2)cn1. The smallest absolute Gasteiger partial charge is 0.433 e. The van der Waals surface area contributed by atoms with Gasteiger partial charge in [-0.15, -0.1) is 0 Å². The van der Waals surface area contributed by atoms with E-state index in [0.29, 0.717) is 0 Å². The molecule has 0 bridgehead atoms. The lowest BCUT2D eigenvalue weighted by Gasteiger charge is -2.23. The van der Waals surface area contributed by atoms with E-state index >= 15 is 0 Å². The number of benzene rings is 1. The lowest BCUT2D eigenvalue weighted by molar-refractivity contribution is -0.141. The van der Waals surface area contributed by atoms with Crippen molar-refractivity contribution < 1.29 is 41.0 Å². The molecule has 0 saturated heterocycles. The second-order valence-electron chi connectivity index (χ2n) is 6.98. The molecule has 0 unspecified atom stereocenters. The molecule has 2 heterocycles. The molecule has 1 aromatic carbocycles. The topological polar surface area (TPSA) is 116 Å². The van der Waals surface area contributed by atoms with Crippen LogP contribution in [0.25, 0.3) is 0 Å². The third kappa shape index (κ3) is 5.98. The molecule has 15 heteroatoms. The van der Waals surface area contributed by atoms with E-state index in [9.17, 15) is 36.2 Å². The Kier molecular flexibility index (Phi) is 7.78. The Hall–Kier alpha value is -3.88. The average molecular weight is 504 g/mol. The predicted molar refractivity (Wildman–Crippen MR) is 110 cm³/mol. The normalized spacial score (nSPS) is 11.6. The Balaban J connectivity index is 1.98. The number of aliphatic hydroxyl groups is 1. The van der Waals surface area contributed by atoms with Crippen molar-refractivity contribution in [2.24, 2.45) is 0 Å². The summed E-state index contributed by atoms with van der Waals surface area (Å²) in [5.74, 6) is -1.18. The summed E-state index contributed by atoms with van der Waals surface area (Å²) < 4.78 is 84.5. The maximum Gasteiger partial charge on any atom is 0.433 e. The zero-order valence-corrected chi connectivity index (χ0v) is 17.9. The summed E-state index contributed by atoms with van der Waals surface area (Å²) in [6, 6.07) is 1.45. The number of aromatic nitrogens is 4. The van der Waals surface area contributed by atoms with Gasteiger partial charge in [0.25, 0.3) is 6.43 Å². The third-order valence-electron chi connectivity index (χ3n) is 4.74. The van der Waals surface area contributed by atoms with Crippen LogP contribution in [0.1, 0.15) is 28.9 Å². The van der Waals surface area contributed by atoms with Crippen LogP contribution in [0.5, 0.6) is 6.01 Å². The number of carbonyl (C=O) groups excluding carboxylic acids is 1. The van der Waals surface area contributed by atoms with Crippen molar-refractivity contribution in [2.45, 2.75) is 25.6 Å². The van der Waals surface area contributed by atoms with Gasteiger partial charge in [0.15, 0.2) is 0 Å². The number of anilines is 2. The highest BCUT2D eigenvalue weighted by atomic mass is 19.4. The summed E-state index contributed by atoms with van der Waals surface area (Å²) in [4.78, 5) is 21.6. The molecule has 35 heavy (non-hydrogen) atoms. The first-order valence-electron chi connectivity index (χ1n) is 9.81. The molecule has 0 aliphatic rings. The van der Waals surface area contributed by atoms with Crippen molar-refractivity contribution in [3.05, 3.63) is 58.9 Å². The number of nitrogens with one attached hydrogen (secondary N) is 2. The van der Waals surface area contributed by atoms with E-state index in [2.05, 4.69) is 20.4 Å². The molecule has 3 aromatic rings. The molecule has 0 aliphatic carbocycles. The number of nitrogens with zero attached hydrogens (tertiary/aromatic N) is 4. The van der Waals surface area contributed by atoms with Crippen LogP contribution in [0, 0.1) is 5.82 Å². The van der Waals surface area contributed by atoms with Gasteiger partial charge in [-0.2, -0.15) is 18.3 Å². The van der Waals surface area contributed by atoms with Crippen LogP contribution in [0.4, 0.5) is 42.5 Å². The minimum Gasteiger partial charge on any atom is -0.467 e. The zero-order chi connectivity index (χ0) is 25.8. The van der Waals surface area contributed by atoms with Crippen LogP contribution < -0.4 is 15.0 Å². The van der Waals surface area contributed by atoms with Crippen molar-refractivity contribution >= 4 is 17.4 Å². The minimum atomic E-state index is -4.80. The molecule has 2 aromatic heterocycles. The molecule has 0 atom stereocenters. The number of carbonyl (C=O) groups is 1. The minimum absolute atomic E-state index is 0.00833. The van der Waals surface area contributed by atoms with E-state index in [4.69, 9.17) is 4.74 Å². The second-order valence-corrected chi connectivity index (χ2v) is 6.98. The van der Waals surface area contributed by atoms with E-state index in [1.165, 1.54) is 7.11 Å². The predicted octanol–water partition coefficient (Wildman–Crippen LogP) is 4.08. The van der Waals surface area contributed by atoms with Crippen molar-refractivity contribution in [3.63, 3.8) is 0 Å². The fourth-order valence-corrected chi connectivity index (χ4v) is 3.11. The molecular formula is C20H18F6N6O3. The number of rotatable bonds is 8. The molecule has 188 valence electrons. The summed E-state index contributed by atoms with van der Waals surface area (Å²) in [5.41, 5.74) is -2.92. The molecule has 0 fully saturated rings. The van der Waals surface area contributed by atoms with Gasteiger partial charge < -0.3 is 15.2 Å². The second kappa shape index (κ2) is 10.6. The Bertz CT molecular complexity index is 1170. The fraction of sp³-hybridized carbons (Fsp3) is 0.300. The van der Waals surface area contributed by atoms with Crippen LogP contribution in [0.3, 0.4) is 0 Å². The summed E-state index contributed by atoms with van der Waals surface area (Å²) in [7, 11) is 1.29. The van der Waals surface area contributed by atoms with E-state index < -0.39 is 55.3 Å². The molecule has 0 spiro atoms. The average Bonchev–Trinajstić information content (AvgIpc) is 3.21. The third-order valence-corrected chi connectivity index (χ3v) is 4.74. The van der Waals surface area contributed by atoms with E-state index in [-0.39, 0.29) is 28.6 Å². The monoisotopic (exact) mass is 504 g/mol. The number of aromatic amines is 1. The molecule has 0 radical (unpaired) electrons. The summed E-state index contributed by atoms with van der Waals surface area (Å²) in [5, 5.41) is 17.0. The lowest BCUT2D eigenvalue weighted by atomic mass is 10.1. The number of aliphatic hydroxyl groups excluding tert-OH is 1. The van der Waals surface area contributed by atoms with Gasteiger partial charge in [0.1, 0.15) is 11.5 Å². The van der Waals surface area contributed by atoms with Crippen LogP contribution in [-0.2, 0) is 19.1 Å². The number of amides is 2. The van der Waals surface area contributed by atoms with Gasteiger partial charge in [0, 0.05) is 17.9 Å². The summed E-state index contributed by atoms with van der Waals surface area (Å²) in [6.07, 6.45) is -6.08. The van der Waals surface area contributed by atoms with Gasteiger partial charge in [-0.25, -0.2) is 27.9 Å². The number of hydrogen-bond acceptors (Lipinski definition) is 6. The Morgan fingerprint density at radius 2 is 1.94 bits per heavy atom. The lowest BCUT2D eigenvalue weighted by Crippen LogP contribution is -2.35. The number of hydrogen-bond donors (Lipinski definition) is 3. The number of halogens is 6. The van der Waals surface area contributed by atoms with Crippen molar-refractivity contribution in [1.82, 2.24) is 20.2 Å². The summed E-state index contributed by atoms with van der Waals surface area (Å²) >= 11 is 0. The van der Waals surface area contributed by atoms with Crippen molar-refractivity contribution in [3.8, 4) is 6.01 Å². The van der Waals surface area contributed by atoms with Crippen LogP contribution in [0.2, 0.25) is 0 Å². The molecule has 2 amide bonds. The van der Waals surface area contributed by atoms with E-state index in [1.807, 2.05) is 5.10 Å². The van der Waals surface area contributed by atoms with Gasteiger partial charge >= 0.3 is 18.2 Å². The maximum absolute atomic E-state index is 13.6. The molecule has 9 nitrogen and oxygen atoms in total. The van der Waals surface area contributed by atoms with Crippen molar-refractivity contribution in [1.29, 1.82) is 0 Å². The molecule has 3 N–H and O–H groups in total. The molecule has 0 aliphatic heterocycles. The first-order chi connectivity index (χ1) is 16.5. The van der Waals surface area contributed by atoms with Crippen LogP contribution in [-0.4, -0.2) is 45.0 Å². The summed E-state index contributed by atoms with van der Waals surface area (Å²) in [6.45, 7) is -1.17. The largest absolute Gasteiger partial charge is 0.467 e. The van der Waals surface area contributed by atoms with E-state index in [1.54, 1.807) is 0 Å². The highest BCUT2D eigenvalue weighted by Gasteiger charge is 2.37. The number of ether oxygens (including phenoxy) is 1. The van der Waals surface area contributed by atoms with Gasteiger partial charge in [0.05, 0.1) is 43.0 Å². The first kappa shape index (κ1) is 25.7. The van der Waals surface area contributed by atoms with Crippen LogP contribution >= 0.6 is 0 Å². The van der Waals surface area contributed by atoms with Gasteiger partial charge in [-0.05, 0) is 24.6 Å². The number of alkyl halides is 5. The number of methoxy groups -OCH3 is 1. The standard InChI is InChI=1S/C20H18F6N6O3/c1-35-18-27-7-11(8-28-18)32(9-15-12(4-5-33)16(31-30-15)20(24,25)26)19(34)29-10-2-3-14(21)13(6-10)17(22)23/h2-3,6-8,17,33H,4-5,9H2,1H3,(H,29,34)(H,30,31). The Morgan fingerprint density at radius 1 is 1.26 bits per heavy atom. The molecule has 3 rings (SSSR count). The van der Waals surface area contributed by atoms with Gasteiger partial charge in [-0.3, -0.25) is 10.00 Å². The molecule has 0 saturated carbocycles. The zero-order valence-electron chi connectivity index (χ0n) is 17.9. The Morgan fingerprint density at radius 3 is 2.51 bits per heavy atom. The quantitative estimate of drug-likeness (QED) is 0.398. The van der Waals surface area contributed by atoms with E-state index in [0.717, 1.165) is 35.5 Å². The van der Waals surface area contributed by atoms with Crippen LogP contribution in [0.15, 0.2) is 30.6 Å². The fourth-order valence-electron chi connectivity index (χ4n) is 3.11. The first-order valence-corrected chi connectivity index (χ1v) is 9.81. The van der Waals surface area contributed by atoms with Gasteiger partial charge in [0.2, 0.25) is 0 Å². The highest BCUT2D eigenvalue weighted by Crippen LogP contribution is 2.33. The maximum atomic E-state index is 13.6. The van der Waals surface area contributed by atoms with Gasteiger partial charge in [-0.1, -0.05) is 0 Å². The number of urea groups is 1. The molecular weight excluding hydrogens is 486 g/mol. The number of H-pyrrole nitrogens is 1. The van der Waals surface area contributed by atoms with Crippen molar-refractivity contribution in [2.75, 3.05) is 23.9 Å².